The number of thioether (sulfide) groups is 1. The van der Waals surface area contributed by atoms with E-state index in [9.17, 15) is 13.2 Å². The molecule has 0 saturated heterocycles. The van der Waals surface area contributed by atoms with Crippen molar-refractivity contribution in [2.45, 2.75) is 17.7 Å². The van der Waals surface area contributed by atoms with Crippen molar-refractivity contribution in [1.29, 1.82) is 0 Å². The van der Waals surface area contributed by atoms with Crippen LogP contribution in [-0.2, 0) is 16.4 Å². The second-order valence-corrected chi connectivity index (χ2v) is 9.60. The van der Waals surface area contributed by atoms with Crippen LogP contribution in [0, 0.1) is 0 Å². The molecule has 0 saturated carbocycles. The number of benzene rings is 2. The highest BCUT2D eigenvalue weighted by atomic mass is 32.2. The number of sulfonamides is 1. The number of carbonyl (C=O) groups excluding carboxylic acids is 1. The van der Waals surface area contributed by atoms with Crippen LogP contribution < -0.4 is 9.21 Å². The van der Waals surface area contributed by atoms with Gasteiger partial charge in [0.1, 0.15) is 0 Å². The van der Waals surface area contributed by atoms with Crippen LogP contribution in [0.15, 0.2) is 47.4 Å². The van der Waals surface area contributed by atoms with E-state index < -0.39 is 10.0 Å². The van der Waals surface area contributed by atoms with Gasteiger partial charge in [0.25, 0.3) is 5.91 Å². The van der Waals surface area contributed by atoms with Gasteiger partial charge in [0, 0.05) is 23.5 Å². The smallest absolute Gasteiger partial charge is 0.258 e. The van der Waals surface area contributed by atoms with Crippen molar-refractivity contribution in [2.75, 3.05) is 34.3 Å². The highest BCUT2D eigenvalue weighted by Crippen LogP contribution is 2.35. The third-order valence-electron chi connectivity index (χ3n) is 4.76. The van der Waals surface area contributed by atoms with Gasteiger partial charge in [-0.3, -0.25) is 9.10 Å². The minimum atomic E-state index is -3.28. The summed E-state index contributed by atoms with van der Waals surface area (Å²) in [6, 6.07) is 13.3. The molecular weight excluding hydrogens is 368 g/mol. The Morgan fingerprint density at radius 3 is 2.69 bits per heavy atom. The Labute approximate surface area is 158 Å². The van der Waals surface area contributed by atoms with Crippen molar-refractivity contribution in [3.8, 4) is 0 Å². The van der Waals surface area contributed by atoms with Gasteiger partial charge in [-0.25, -0.2) is 8.42 Å². The molecule has 0 bridgehead atoms. The van der Waals surface area contributed by atoms with Crippen molar-refractivity contribution in [1.82, 2.24) is 0 Å². The van der Waals surface area contributed by atoms with Gasteiger partial charge in [-0.15, -0.1) is 11.8 Å². The zero-order valence-electron chi connectivity index (χ0n) is 14.5. The summed E-state index contributed by atoms with van der Waals surface area (Å²) >= 11 is 1.78. The van der Waals surface area contributed by atoms with Gasteiger partial charge in [-0.05, 0) is 54.5 Å². The van der Waals surface area contributed by atoms with Crippen molar-refractivity contribution in [3.63, 3.8) is 0 Å². The van der Waals surface area contributed by atoms with Gasteiger partial charge in [-0.1, -0.05) is 12.1 Å². The fourth-order valence-electron chi connectivity index (χ4n) is 3.54. The van der Waals surface area contributed by atoms with Crippen LogP contribution >= 0.6 is 11.8 Å². The number of carbonyl (C=O) groups is 1. The van der Waals surface area contributed by atoms with Crippen molar-refractivity contribution in [3.05, 3.63) is 53.6 Å². The predicted octanol–water partition coefficient (Wildman–Crippen LogP) is 3.15. The molecule has 5 nitrogen and oxygen atoms in total. The van der Waals surface area contributed by atoms with Gasteiger partial charge in [0.2, 0.25) is 10.0 Å². The molecular formula is C19H20N2O3S2. The van der Waals surface area contributed by atoms with Crippen molar-refractivity contribution in [2.24, 2.45) is 0 Å². The third-order valence-corrected chi connectivity index (χ3v) is 7.09. The van der Waals surface area contributed by atoms with Gasteiger partial charge in [0.05, 0.1) is 17.6 Å². The van der Waals surface area contributed by atoms with E-state index in [4.69, 9.17) is 0 Å². The number of hydrogen-bond acceptors (Lipinski definition) is 4. The van der Waals surface area contributed by atoms with E-state index in [1.807, 2.05) is 29.2 Å². The van der Waals surface area contributed by atoms with Gasteiger partial charge < -0.3 is 4.90 Å². The average molecular weight is 389 g/mol. The second kappa shape index (κ2) is 6.63. The molecule has 2 aliphatic rings. The zero-order valence-corrected chi connectivity index (χ0v) is 16.1. The van der Waals surface area contributed by atoms with E-state index >= 15 is 0 Å². The molecule has 0 atom stereocenters. The summed E-state index contributed by atoms with van der Waals surface area (Å²) in [5, 5.41) is 0. The topological polar surface area (TPSA) is 57.7 Å². The second-order valence-electron chi connectivity index (χ2n) is 6.56. The Bertz CT molecular complexity index is 972. The fourth-order valence-corrected chi connectivity index (χ4v) is 5.50. The molecule has 2 heterocycles. The molecule has 1 amide bonds. The summed E-state index contributed by atoms with van der Waals surface area (Å²) in [6.45, 7) is 1.13. The first-order valence-electron chi connectivity index (χ1n) is 8.59. The predicted molar refractivity (Wildman–Crippen MR) is 106 cm³/mol. The van der Waals surface area contributed by atoms with Crippen LogP contribution in [0.25, 0.3) is 0 Å². The van der Waals surface area contributed by atoms with Crippen LogP contribution in [-0.4, -0.2) is 39.4 Å². The Morgan fingerprint density at radius 1 is 1.08 bits per heavy atom. The highest BCUT2D eigenvalue weighted by Gasteiger charge is 2.28. The largest absolute Gasteiger partial charge is 0.307 e. The molecule has 0 fully saturated rings. The monoisotopic (exact) mass is 388 g/mol. The maximum absolute atomic E-state index is 13.2. The Morgan fingerprint density at radius 2 is 1.88 bits per heavy atom. The minimum Gasteiger partial charge on any atom is -0.307 e. The minimum absolute atomic E-state index is 0.0273. The molecule has 136 valence electrons. The number of hydrogen-bond donors (Lipinski definition) is 0. The quantitative estimate of drug-likeness (QED) is 0.793. The first-order valence-corrected chi connectivity index (χ1v) is 11.4. The molecule has 0 unspecified atom stereocenters. The normalized spacial score (nSPS) is 16.8. The standard InChI is InChI=1S/C19H20N2O3S2/c1-26(23,24)21-11-9-14-13-15(7-8-16(14)21)19(22)20-10-4-12-25-18-6-3-2-5-17(18)20/h2-3,5-8,13H,4,9-12H2,1H3. The molecule has 0 spiro atoms. The average Bonchev–Trinajstić information content (AvgIpc) is 2.94. The van der Waals surface area contributed by atoms with Crippen LogP contribution in [0.5, 0.6) is 0 Å². The summed E-state index contributed by atoms with van der Waals surface area (Å²) in [5.74, 6) is 0.967. The molecule has 0 radical (unpaired) electrons. The number of nitrogens with zero attached hydrogens (tertiary/aromatic N) is 2. The molecule has 4 rings (SSSR count). The molecule has 2 aliphatic heterocycles. The first-order chi connectivity index (χ1) is 12.4. The van der Waals surface area contributed by atoms with Gasteiger partial charge in [0.15, 0.2) is 0 Å². The summed E-state index contributed by atoms with van der Waals surface area (Å²) in [4.78, 5) is 16.2. The lowest BCUT2D eigenvalue weighted by Crippen LogP contribution is -2.32. The summed E-state index contributed by atoms with van der Waals surface area (Å²) in [6.07, 6.45) is 2.79. The van der Waals surface area contributed by atoms with E-state index in [1.54, 1.807) is 23.9 Å². The molecule has 0 N–H and O–H groups in total. The van der Waals surface area contributed by atoms with E-state index in [1.165, 1.54) is 10.6 Å². The number of fused-ring (bicyclic) bond motifs is 2. The molecule has 7 heteroatoms. The zero-order chi connectivity index (χ0) is 18.3. The lowest BCUT2D eigenvalue weighted by molar-refractivity contribution is 0.0986. The van der Waals surface area contributed by atoms with E-state index in [2.05, 4.69) is 6.07 Å². The fraction of sp³-hybridized carbons (Fsp3) is 0.316. The van der Waals surface area contributed by atoms with Crippen LogP contribution in [0.2, 0.25) is 0 Å². The molecule has 0 aliphatic carbocycles. The first kappa shape index (κ1) is 17.4. The Hall–Kier alpha value is -1.99. The molecule has 2 aromatic carbocycles. The highest BCUT2D eigenvalue weighted by molar-refractivity contribution is 7.99. The SMILES string of the molecule is CS(=O)(=O)N1CCc2cc(C(=O)N3CCCSc4ccccc43)ccc21. The van der Waals surface area contributed by atoms with Crippen LogP contribution in [0.4, 0.5) is 11.4 Å². The van der Waals surface area contributed by atoms with E-state index in [0.29, 0.717) is 30.8 Å². The number of anilines is 2. The number of para-hydroxylation sites is 1. The molecule has 26 heavy (non-hydrogen) atoms. The Balaban J connectivity index is 1.68. The number of rotatable bonds is 2. The summed E-state index contributed by atoms with van der Waals surface area (Å²) in [7, 11) is -3.28. The molecule has 2 aromatic rings. The van der Waals surface area contributed by atoms with Crippen LogP contribution in [0.3, 0.4) is 0 Å². The van der Waals surface area contributed by atoms with Crippen molar-refractivity contribution >= 4 is 39.1 Å². The lowest BCUT2D eigenvalue weighted by Gasteiger charge is -2.23. The van der Waals surface area contributed by atoms with Crippen molar-refractivity contribution < 1.29 is 13.2 Å². The van der Waals surface area contributed by atoms with Crippen LogP contribution in [0.1, 0.15) is 22.3 Å². The lowest BCUT2D eigenvalue weighted by atomic mass is 10.1. The van der Waals surface area contributed by atoms with Gasteiger partial charge in [-0.2, -0.15) is 0 Å². The maximum Gasteiger partial charge on any atom is 0.258 e. The maximum atomic E-state index is 13.2. The summed E-state index contributed by atoms with van der Waals surface area (Å²) in [5.41, 5.74) is 3.17. The molecule has 0 aromatic heterocycles. The van der Waals surface area contributed by atoms with E-state index in [0.717, 1.165) is 28.3 Å². The van der Waals surface area contributed by atoms with Gasteiger partial charge >= 0.3 is 0 Å². The van der Waals surface area contributed by atoms with E-state index in [-0.39, 0.29) is 5.91 Å². The third kappa shape index (κ3) is 3.10. The Kier molecular flexibility index (Phi) is 4.44. The summed E-state index contributed by atoms with van der Waals surface area (Å²) < 4.78 is 25.2. The number of amides is 1.